The first-order chi connectivity index (χ1) is 11.2. The van der Waals surface area contributed by atoms with Crippen LogP contribution in [-0.2, 0) is 9.59 Å². The van der Waals surface area contributed by atoms with Gasteiger partial charge in [-0.15, -0.1) is 0 Å². The average Bonchev–Trinajstić information content (AvgIpc) is 2.48. The summed E-state index contributed by atoms with van der Waals surface area (Å²) in [4.78, 5) is 37.5. The molecule has 1 aliphatic heterocycles. The highest BCUT2D eigenvalue weighted by molar-refractivity contribution is 5.97. The number of aliphatic carboxylic acids is 2. The van der Waals surface area contributed by atoms with Crippen LogP contribution in [0.5, 0.6) is 0 Å². The molecule has 1 heterocycles. The van der Waals surface area contributed by atoms with E-state index in [9.17, 15) is 24.8 Å². The SMILES string of the molecule is CC1=NC(C)=C(C(=O)O)C(c2cccc([N+](=O)[O-])c2)C1CC(=O)O. The number of carboxylic acid groups (broad SMARTS) is 2. The van der Waals surface area contributed by atoms with E-state index in [1.165, 1.54) is 25.1 Å². The van der Waals surface area contributed by atoms with Gasteiger partial charge in [-0.3, -0.25) is 19.9 Å². The summed E-state index contributed by atoms with van der Waals surface area (Å²) in [5.74, 6) is -3.79. The molecule has 24 heavy (non-hydrogen) atoms. The molecule has 0 spiro atoms. The topological polar surface area (TPSA) is 130 Å². The van der Waals surface area contributed by atoms with E-state index < -0.39 is 28.7 Å². The van der Waals surface area contributed by atoms with Crippen molar-refractivity contribution >= 4 is 23.3 Å². The molecule has 0 bridgehead atoms. The zero-order valence-electron chi connectivity index (χ0n) is 13.1. The van der Waals surface area contributed by atoms with Crippen LogP contribution in [0.4, 0.5) is 5.69 Å². The van der Waals surface area contributed by atoms with Crippen LogP contribution in [0.25, 0.3) is 0 Å². The molecule has 2 N–H and O–H groups in total. The predicted molar refractivity (Wildman–Crippen MR) is 85.0 cm³/mol. The van der Waals surface area contributed by atoms with Crippen LogP contribution in [0.15, 0.2) is 40.5 Å². The van der Waals surface area contributed by atoms with Gasteiger partial charge in [-0.2, -0.15) is 0 Å². The van der Waals surface area contributed by atoms with E-state index in [1.54, 1.807) is 13.0 Å². The van der Waals surface area contributed by atoms with Gasteiger partial charge in [0.25, 0.3) is 5.69 Å². The fourth-order valence-corrected chi connectivity index (χ4v) is 3.05. The molecule has 0 fully saturated rings. The number of carboxylic acids is 2. The van der Waals surface area contributed by atoms with E-state index in [1.807, 2.05) is 0 Å². The van der Waals surface area contributed by atoms with Crippen molar-refractivity contribution in [1.29, 1.82) is 0 Å². The minimum atomic E-state index is -1.21. The number of rotatable bonds is 5. The van der Waals surface area contributed by atoms with Crippen LogP contribution in [0.1, 0.15) is 31.7 Å². The maximum atomic E-state index is 11.7. The lowest BCUT2D eigenvalue weighted by molar-refractivity contribution is -0.384. The second-order valence-electron chi connectivity index (χ2n) is 5.59. The number of allylic oxidation sites excluding steroid dienone is 1. The Hall–Kier alpha value is -3.03. The number of hydrogen-bond donors (Lipinski definition) is 2. The molecule has 0 saturated heterocycles. The van der Waals surface area contributed by atoms with Crippen molar-refractivity contribution in [3.8, 4) is 0 Å². The highest BCUT2D eigenvalue weighted by atomic mass is 16.6. The number of carbonyl (C=O) groups is 2. The molecular formula is C16H16N2O6. The van der Waals surface area contributed by atoms with Crippen LogP contribution >= 0.6 is 0 Å². The average molecular weight is 332 g/mol. The molecule has 8 heteroatoms. The van der Waals surface area contributed by atoms with E-state index in [0.717, 1.165) is 0 Å². The van der Waals surface area contributed by atoms with Gasteiger partial charge in [-0.05, 0) is 19.4 Å². The van der Waals surface area contributed by atoms with Gasteiger partial charge < -0.3 is 10.2 Å². The fourth-order valence-electron chi connectivity index (χ4n) is 3.05. The van der Waals surface area contributed by atoms with Crippen molar-refractivity contribution in [2.45, 2.75) is 26.2 Å². The Kier molecular flexibility index (Phi) is 4.77. The molecule has 2 atom stereocenters. The van der Waals surface area contributed by atoms with Crippen molar-refractivity contribution < 1.29 is 24.7 Å². The first-order valence-corrected chi connectivity index (χ1v) is 7.17. The number of aliphatic imine (C=N–C) groups is 1. The van der Waals surface area contributed by atoms with E-state index in [0.29, 0.717) is 11.3 Å². The summed E-state index contributed by atoms with van der Waals surface area (Å²) in [5.41, 5.74) is 0.951. The number of nitro groups is 1. The molecule has 0 aromatic heterocycles. The van der Waals surface area contributed by atoms with Crippen LogP contribution < -0.4 is 0 Å². The normalized spacial score (nSPS) is 20.5. The second-order valence-corrected chi connectivity index (χ2v) is 5.59. The molecule has 1 aromatic rings. The fraction of sp³-hybridized carbons (Fsp3) is 0.312. The molecule has 1 aromatic carbocycles. The summed E-state index contributed by atoms with van der Waals surface area (Å²) in [6.45, 7) is 3.17. The van der Waals surface area contributed by atoms with Crippen LogP contribution in [0, 0.1) is 16.0 Å². The smallest absolute Gasteiger partial charge is 0.334 e. The van der Waals surface area contributed by atoms with E-state index >= 15 is 0 Å². The van der Waals surface area contributed by atoms with Crippen LogP contribution in [0.3, 0.4) is 0 Å². The lowest BCUT2D eigenvalue weighted by atomic mass is 9.74. The number of benzene rings is 1. The Labute approximate surface area is 137 Å². The minimum absolute atomic E-state index is 0.0349. The summed E-state index contributed by atoms with van der Waals surface area (Å²) < 4.78 is 0. The Balaban J connectivity index is 2.64. The van der Waals surface area contributed by atoms with Crippen molar-refractivity contribution in [3.63, 3.8) is 0 Å². The largest absolute Gasteiger partial charge is 0.481 e. The number of non-ortho nitro benzene ring substituents is 1. The maximum absolute atomic E-state index is 11.7. The standard InChI is InChI=1S/C16H16N2O6/c1-8-12(7-13(19)20)15(14(16(21)22)9(2)17-8)10-4-3-5-11(6-10)18(23)24/h3-6,12,15H,7H2,1-2H3,(H,19,20)(H,21,22). The Bertz CT molecular complexity index is 781. The molecule has 126 valence electrons. The number of nitrogens with zero attached hydrogens (tertiary/aromatic N) is 2. The van der Waals surface area contributed by atoms with Gasteiger partial charge in [-0.25, -0.2) is 4.79 Å². The van der Waals surface area contributed by atoms with Crippen LogP contribution in [-0.4, -0.2) is 32.8 Å². The summed E-state index contributed by atoms with van der Waals surface area (Å²) in [5, 5.41) is 29.7. The Morgan fingerprint density at radius 3 is 2.50 bits per heavy atom. The zero-order valence-corrected chi connectivity index (χ0v) is 13.1. The van der Waals surface area contributed by atoms with Gasteiger partial charge in [0, 0.05) is 35.4 Å². The highest BCUT2D eigenvalue weighted by Crippen LogP contribution is 2.41. The Morgan fingerprint density at radius 1 is 1.29 bits per heavy atom. The highest BCUT2D eigenvalue weighted by Gasteiger charge is 2.38. The summed E-state index contributed by atoms with van der Waals surface area (Å²) in [7, 11) is 0. The van der Waals surface area contributed by atoms with Gasteiger partial charge in [0.05, 0.1) is 16.9 Å². The van der Waals surface area contributed by atoms with Crippen molar-refractivity contribution in [1.82, 2.24) is 0 Å². The van der Waals surface area contributed by atoms with E-state index in [2.05, 4.69) is 4.99 Å². The maximum Gasteiger partial charge on any atom is 0.334 e. The summed E-state index contributed by atoms with van der Waals surface area (Å²) in [6, 6.07) is 5.62. The summed E-state index contributed by atoms with van der Waals surface area (Å²) >= 11 is 0. The molecule has 1 aliphatic rings. The third-order valence-corrected chi connectivity index (χ3v) is 4.05. The van der Waals surface area contributed by atoms with Gasteiger partial charge in [0.2, 0.25) is 0 Å². The number of nitro benzene ring substituents is 1. The number of hydrogen-bond acceptors (Lipinski definition) is 5. The molecule has 0 amide bonds. The molecular weight excluding hydrogens is 316 g/mol. The summed E-state index contributed by atoms with van der Waals surface area (Å²) in [6.07, 6.45) is -0.313. The minimum Gasteiger partial charge on any atom is -0.481 e. The van der Waals surface area contributed by atoms with Crippen LogP contribution in [0.2, 0.25) is 0 Å². The van der Waals surface area contributed by atoms with Crippen molar-refractivity contribution in [3.05, 3.63) is 51.2 Å². The molecule has 0 saturated carbocycles. The zero-order chi connectivity index (χ0) is 18.0. The third kappa shape index (κ3) is 3.32. The monoisotopic (exact) mass is 332 g/mol. The predicted octanol–water partition coefficient (Wildman–Crippen LogP) is 2.60. The van der Waals surface area contributed by atoms with Crippen molar-refractivity contribution in [2.24, 2.45) is 10.9 Å². The molecule has 0 aliphatic carbocycles. The van der Waals surface area contributed by atoms with E-state index in [-0.39, 0.29) is 23.4 Å². The molecule has 2 rings (SSSR count). The molecule has 0 radical (unpaired) electrons. The van der Waals surface area contributed by atoms with Gasteiger partial charge in [0.15, 0.2) is 0 Å². The van der Waals surface area contributed by atoms with Gasteiger partial charge in [0.1, 0.15) is 0 Å². The van der Waals surface area contributed by atoms with E-state index in [4.69, 9.17) is 5.11 Å². The quantitative estimate of drug-likeness (QED) is 0.629. The second kappa shape index (κ2) is 6.61. The first kappa shape index (κ1) is 17.3. The lowest BCUT2D eigenvalue weighted by Crippen LogP contribution is -2.31. The Morgan fingerprint density at radius 2 is 1.96 bits per heavy atom. The van der Waals surface area contributed by atoms with Crippen molar-refractivity contribution in [2.75, 3.05) is 0 Å². The molecule has 2 unspecified atom stereocenters. The molecule has 8 nitrogen and oxygen atoms in total. The van der Waals surface area contributed by atoms with Gasteiger partial charge in [-0.1, -0.05) is 12.1 Å². The first-order valence-electron chi connectivity index (χ1n) is 7.17. The van der Waals surface area contributed by atoms with Gasteiger partial charge >= 0.3 is 11.9 Å². The lowest BCUT2D eigenvalue weighted by Gasteiger charge is -2.31. The third-order valence-electron chi connectivity index (χ3n) is 4.05.